The molecule has 2 aromatic carbocycles. The Bertz CT molecular complexity index is 915. The van der Waals surface area contributed by atoms with E-state index in [0.717, 1.165) is 29.7 Å². The first kappa shape index (κ1) is 17.3. The maximum atomic E-state index is 12.6. The van der Waals surface area contributed by atoms with E-state index >= 15 is 0 Å². The number of hydrogen-bond donors (Lipinski definition) is 0. The average molecular weight is 363 g/mol. The topological polar surface area (TPSA) is 68.5 Å². The van der Waals surface area contributed by atoms with Crippen molar-refractivity contribution < 1.29 is 14.1 Å². The molecule has 2 heterocycles. The zero-order valence-electron chi connectivity index (χ0n) is 15.2. The molecule has 0 spiro atoms. The van der Waals surface area contributed by atoms with Crippen LogP contribution in [0.3, 0.4) is 0 Å². The van der Waals surface area contributed by atoms with Crippen LogP contribution in [0.25, 0.3) is 11.4 Å². The predicted octanol–water partition coefficient (Wildman–Crippen LogP) is 3.77. The Labute approximate surface area is 157 Å². The number of rotatable bonds is 4. The molecule has 0 radical (unpaired) electrons. The summed E-state index contributed by atoms with van der Waals surface area (Å²) in [7, 11) is 1.63. The second kappa shape index (κ2) is 7.61. The smallest absolute Gasteiger partial charge is 0.253 e. The van der Waals surface area contributed by atoms with Gasteiger partial charge in [0.05, 0.1) is 7.11 Å². The summed E-state index contributed by atoms with van der Waals surface area (Å²) in [5.41, 5.74) is 1.59. The van der Waals surface area contributed by atoms with Crippen molar-refractivity contribution in [3.63, 3.8) is 0 Å². The van der Waals surface area contributed by atoms with E-state index in [1.807, 2.05) is 59.5 Å². The fourth-order valence-electron chi connectivity index (χ4n) is 3.37. The van der Waals surface area contributed by atoms with E-state index in [9.17, 15) is 4.79 Å². The summed E-state index contributed by atoms with van der Waals surface area (Å²) in [6, 6.07) is 17.0. The number of carbonyl (C=O) groups excluding carboxylic acids is 1. The first-order valence-corrected chi connectivity index (χ1v) is 9.07. The van der Waals surface area contributed by atoms with Gasteiger partial charge in [-0.25, -0.2) is 0 Å². The van der Waals surface area contributed by atoms with Crippen LogP contribution in [0.1, 0.15) is 35.0 Å². The lowest BCUT2D eigenvalue weighted by Gasteiger charge is -2.30. The molecule has 27 heavy (non-hydrogen) atoms. The summed E-state index contributed by atoms with van der Waals surface area (Å²) in [4.78, 5) is 19.0. The SMILES string of the molecule is COc1cccc(-c2noc(C3CCN(C(=O)c4ccccc4)CC3)n2)c1. The van der Waals surface area contributed by atoms with E-state index in [-0.39, 0.29) is 11.8 Å². The van der Waals surface area contributed by atoms with Gasteiger partial charge in [0.25, 0.3) is 5.91 Å². The minimum atomic E-state index is 0.0802. The van der Waals surface area contributed by atoms with Crippen molar-refractivity contribution in [1.29, 1.82) is 0 Å². The number of benzene rings is 2. The zero-order valence-corrected chi connectivity index (χ0v) is 15.2. The highest BCUT2D eigenvalue weighted by Crippen LogP contribution is 2.29. The Morgan fingerprint density at radius 3 is 2.63 bits per heavy atom. The van der Waals surface area contributed by atoms with Gasteiger partial charge in [-0.05, 0) is 37.1 Å². The molecule has 1 fully saturated rings. The highest BCUT2D eigenvalue weighted by atomic mass is 16.5. The number of ether oxygens (including phenoxy) is 1. The van der Waals surface area contributed by atoms with E-state index in [1.165, 1.54) is 0 Å². The van der Waals surface area contributed by atoms with Crippen LogP contribution in [0.4, 0.5) is 0 Å². The van der Waals surface area contributed by atoms with E-state index in [1.54, 1.807) is 7.11 Å². The number of amides is 1. The summed E-state index contributed by atoms with van der Waals surface area (Å²) in [5.74, 6) is 2.21. The summed E-state index contributed by atoms with van der Waals surface area (Å²) in [6.07, 6.45) is 1.64. The van der Waals surface area contributed by atoms with Gasteiger partial charge in [-0.15, -0.1) is 0 Å². The van der Waals surface area contributed by atoms with Crippen LogP contribution in [0, 0.1) is 0 Å². The van der Waals surface area contributed by atoms with E-state index in [0.29, 0.717) is 24.8 Å². The Morgan fingerprint density at radius 2 is 1.89 bits per heavy atom. The quantitative estimate of drug-likeness (QED) is 0.706. The number of hydrogen-bond acceptors (Lipinski definition) is 5. The highest BCUT2D eigenvalue weighted by molar-refractivity contribution is 5.94. The molecule has 4 rings (SSSR count). The van der Waals surface area contributed by atoms with E-state index < -0.39 is 0 Å². The predicted molar refractivity (Wildman–Crippen MR) is 101 cm³/mol. The van der Waals surface area contributed by atoms with E-state index in [2.05, 4.69) is 10.1 Å². The molecule has 6 nitrogen and oxygen atoms in total. The van der Waals surface area contributed by atoms with Gasteiger partial charge in [0.1, 0.15) is 5.75 Å². The molecule has 1 aliphatic rings. The summed E-state index contributed by atoms with van der Waals surface area (Å²) in [6.45, 7) is 1.38. The third-order valence-electron chi connectivity index (χ3n) is 4.92. The molecule has 1 aliphatic heterocycles. The first-order valence-electron chi connectivity index (χ1n) is 9.07. The standard InChI is InChI=1S/C21H21N3O3/c1-26-18-9-5-8-17(14-18)19-22-20(27-23-19)15-10-12-24(13-11-15)21(25)16-6-3-2-4-7-16/h2-9,14-15H,10-13H2,1H3. The summed E-state index contributed by atoms with van der Waals surface area (Å²) >= 11 is 0. The molecule has 3 aromatic rings. The van der Waals surface area contributed by atoms with Crippen molar-refractivity contribution >= 4 is 5.91 Å². The third-order valence-corrected chi connectivity index (χ3v) is 4.92. The molecule has 0 unspecified atom stereocenters. The molecule has 1 aromatic heterocycles. The van der Waals surface area contributed by atoms with E-state index in [4.69, 9.17) is 9.26 Å². The van der Waals surface area contributed by atoms with Crippen molar-refractivity contribution in [2.24, 2.45) is 0 Å². The number of aromatic nitrogens is 2. The monoisotopic (exact) mass is 363 g/mol. The number of methoxy groups -OCH3 is 1. The van der Waals surface area contributed by atoms with Crippen LogP contribution in [0.5, 0.6) is 5.75 Å². The van der Waals surface area contributed by atoms with Crippen molar-refractivity contribution in [1.82, 2.24) is 15.0 Å². The van der Waals surface area contributed by atoms with Crippen molar-refractivity contribution in [2.75, 3.05) is 20.2 Å². The lowest BCUT2D eigenvalue weighted by Crippen LogP contribution is -2.37. The molecule has 0 N–H and O–H groups in total. The fourth-order valence-corrected chi connectivity index (χ4v) is 3.37. The van der Waals surface area contributed by atoms with Gasteiger partial charge in [-0.3, -0.25) is 4.79 Å². The Hall–Kier alpha value is -3.15. The largest absolute Gasteiger partial charge is 0.497 e. The van der Waals surface area contributed by atoms with Gasteiger partial charge in [-0.1, -0.05) is 35.5 Å². The lowest BCUT2D eigenvalue weighted by molar-refractivity contribution is 0.0704. The molecule has 138 valence electrons. The molecule has 0 atom stereocenters. The number of piperidine rings is 1. The average Bonchev–Trinajstić information content (AvgIpc) is 3.24. The van der Waals surface area contributed by atoms with Gasteiger partial charge in [0.2, 0.25) is 11.7 Å². The molecule has 1 amide bonds. The van der Waals surface area contributed by atoms with Gasteiger partial charge in [0.15, 0.2) is 0 Å². The van der Waals surface area contributed by atoms with Crippen LogP contribution < -0.4 is 4.74 Å². The maximum absolute atomic E-state index is 12.6. The lowest BCUT2D eigenvalue weighted by atomic mass is 9.96. The van der Waals surface area contributed by atoms with Crippen molar-refractivity contribution in [2.45, 2.75) is 18.8 Å². The summed E-state index contributed by atoms with van der Waals surface area (Å²) in [5, 5.41) is 4.12. The number of nitrogens with zero attached hydrogens (tertiary/aromatic N) is 3. The molecular formula is C21H21N3O3. The molecule has 6 heteroatoms. The van der Waals surface area contributed by atoms with Crippen LogP contribution in [0.15, 0.2) is 59.1 Å². The molecule has 0 aliphatic carbocycles. The highest BCUT2D eigenvalue weighted by Gasteiger charge is 2.28. The zero-order chi connectivity index (χ0) is 18.6. The maximum Gasteiger partial charge on any atom is 0.253 e. The van der Waals surface area contributed by atoms with Crippen LogP contribution in [-0.2, 0) is 0 Å². The molecule has 0 bridgehead atoms. The molecular weight excluding hydrogens is 342 g/mol. The van der Waals surface area contributed by atoms with Crippen LogP contribution >= 0.6 is 0 Å². The second-order valence-corrected chi connectivity index (χ2v) is 6.62. The normalized spacial score (nSPS) is 14.9. The second-order valence-electron chi connectivity index (χ2n) is 6.62. The summed E-state index contributed by atoms with van der Waals surface area (Å²) < 4.78 is 10.8. The van der Waals surface area contributed by atoms with Crippen molar-refractivity contribution in [3.8, 4) is 17.1 Å². The van der Waals surface area contributed by atoms with Gasteiger partial charge < -0.3 is 14.2 Å². The Balaban J connectivity index is 1.41. The van der Waals surface area contributed by atoms with Gasteiger partial charge in [-0.2, -0.15) is 4.98 Å². The Kier molecular flexibility index (Phi) is 4.87. The van der Waals surface area contributed by atoms with Gasteiger partial charge >= 0.3 is 0 Å². The minimum absolute atomic E-state index is 0.0802. The Morgan fingerprint density at radius 1 is 1.11 bits per heavy atom. The number of carbonyl (C=O) groups is 1. The number of likely N-dealkylation sites (tertiary alicyclic amines) is 1. The van der Waals surface area contributed by atoms with Crippen LogP contribution in [0.2, 0.25) is 0 Å². The fraction of sp³-hybridized carbons (Fsp3) is 0.286. The molecule has 0 saturated carbocycles. The van der Waals surface area contributed by atoms with Crippen molar-refractivity contribution in [3.05, 3.63) is 66.1 Å². The minimum Gasteiger partial charge on any atom is -0.497 e. The van der Waals surface area contributed by atoms with Gasteiger partial charge in [0, 0.05) is 30.1 Å². The first-order chi connectivity index (χ1) is 13.2. The third kappa shape index (κ3) is 3.69. The molecule has 1 saturated heterocycles. The van der Waals surface area contributed by atoms with Crippen LogP contribution in [-0.4, -0.2) is 41.1 Å².